The monoisotopic (exact) mass is 398 g/mol. The van der Waals surface area contributed by atoms with Crippen molar-refractivity contribution in [3.05, 3.63) is 59.7 Å². The van der Waals surface area contributed by atoms with Crippen molar-refractivity contribution in [2.45, 2.75) is 19.9 Å². The second-order valence-corrected chi connectivity index (χ2v) is 6.48. The van der Waals surface area contributed by atoms with Crippen LogP contribution in [0.2, 0.25) is 0 Å². The zero-order valence-corrected chi connectivity index (χ0v) is 16.0. The molecule has 152 valence electrons. The third-order valence-corrected chi connectivity index (χ3v) is 4.32. The number of hydrogen-bond acceptors (Lipinski definition) is 6. The Labute approximate surface area is 168 Å². The summed E-state index contributed by atoms with van der Waals surface area (Å²) in [5.41, 5.74) is 1.67. The Hall–Kier alpha value is -3.39. The van der Waals surface area contributed by atoms with Crippen molar-refractivity contribution in [3.63, 3.8) is 0 Å². The van der Waals surface area contributed by atoms with Crippen LogP contribution in [0.3, 0.4) is 0 Å². The summed E-state index contributed by atoms with van der Waals surface area (Å²) in [7, 11) is 0. The molecule has 29 heavy (non-hydrogen) atoms. The number of hydrogen-bond donors (Lipinski definition) is 1. The van der Waals surface area contributed by atoms with E-state index in [1.54, 1.807) is 48.5 Å². The predicted octanol–water partition coefficient (Wildman–Crippen LogP) is 1.91. The molecule has 0 saturated carbocycles. The first-order chi connectivity index (χ1) is 14.0. The molecule has 0 bridgehead atoms. The zero-order valence-electron chi connectivity index (χ0n) is 16.0. The number of ether oxygens (including phenoxy) is 1. The number of hydroxylamine groups is 2. The minimum absolute atomic E-state index is 0.0450. The van der Waals surface area contributed by atoms with Crippen molar-refractivity contribution >= 4 is 23.5 Å². The summed E-state index contributed by atoms with van der Waals surface area (Å²) >= 11 is 0. The lowest BCUT2D eigenvalue weighted by Gasteiger charge is -2.22. The fourth-order valence-electron chi connectivity index (χ4n) is 2.97. The molecule has 0 aliphatic carbocycles. The molecule has 2 aromatic carbocycles. The first-order valence-electron chi connectivity index (χ1n) is 9.22. The van der Waals surface area contributed by atoms with Crippen LogP contribution in [0.4, 0.5) is 5.69 Å². The zero-order chi connectivity index (χ0) is 20.8. The Balaban J connectivity index is 1.84. The molecular formula is C21H22N2O6. The number of carbonyl (C=O) groups excluding carboxylic acids is 3. The van der Waals surface area contributed by atoms with Gasteiger partial charge in [-0.25, -0.2) is 0 Å². The Morgan fingerprint density at radius 3 is 2.48 bits per heavy atom. The number of aliphatic hydroxyl groups excluding tert-OH is 1. The number of carbonyl (C=O) groups is 3. The molecule has 2 amide bonds. The Morgan fingerprint density at radius 1 is 1.07 bits per heavy atom. The normalized spacial score (nSPS) is 13.5. The van der Waals surface area contributed by atoms with Gasteiger partial charge in [-0.05, 0) is 35.9 Å². The molecule has 1 aliphatic heterocycles. The van der Waals surface area contributed by atoms with Crippen LogP contribution in [-0.2, 0) is 21.0 Å². The van der Waals surface area contributed by atoms with Gasteiger partial charge in [0.1, 0.15) is 12.3 Å². The molecule has 1 N–H and O–H groups in total. The molecule has 0 fully saturated rings. The topological polar surface area (TPSA) is 96.4 Å². The quantitative estimate of drug-likeness (QED) is 0.747. The summed E-state index contributed by atoms with van der Waals surface area (Å²) in [5.74, 6) is -0.859. The Morgan fingerprint density at radius 2 is 1.79 bits per heavy atom. The number of benzene rings is 2. The maximum absolute atomic E-state index is 13.1. The van der Waals surface area contributed by atoms with E-state index in [0.29, 0.717) is 35.6 Å². The fraction of sp³-hybridized carbons (Fsp3) is 0.286. The standard InChI is InChI=1S/C21H22N2O6/c1-15(25)29-23-13-17-5-2-3-6-19(17)22(14-20(23)26)21(27)16-7-9-18(10-8-16)28-12-4-11-24/h2-3,5-10,24H,4,11-14H2,1H3. The number of anilines is 1. The number of amides is 2. The van der Waals surface area contributed by atoms with Gasteiger partial charge in [-0.2, -0.15) is 5.06 Å². The summed E-state index contributed by atoms with van der Waals surface area (Å²) in [6, 6.07) is 13.7. The van der Waals surface area contributed by atoms with Gasteiger partial charge < -0.3 is 14.7 Å². The van der Waals surface area contributed by atoms with E-state index in [9.17, 15) is 14.4 Å². The van der Waals surface area contributed by atoms with Gasteiger partial charge in [0.05, 0.1) is 13.2 Å². The van der Waals surface area contributed by atoms with Crippen LogP contribution in [-0.4, -0.2) is 47.7 Å². The molecule has 3 rings (SSSR count). The van der Waals surface area contributed by atoms with Crippen LogP contribution in [0.5, 0.6) is 5.75 Å². The van der Waals surface area contributed by atoms with Crippen molar-refractivity contribution < 1.29 is 29.1 Å². The molecule has 0 unspecified atom stereocenters. The first-order valence-corrected chi connectivity index (χ1v) is 9.22. The minimum Gasteiger partial charge on any atom is -0.494 e. The molecule has 0 aromatic heterocycles. The Bertz CT molecular complexity index is 896. The second kappa shape index (κ2) is 9.20. The van der Waals surface area contributed by atoms with E-state index in [4.69, 9.17) is 14.7 Å². The molecule has 0 radical (unpaired) electrons. The minimum atomic E-state index is -0.604. The van der Waals surface area contributed by atoms with Gasteiger partial charge in [0.25, 0.3) is 11.8 Å². The molecule has 2 aromatic rings. The number of nitrogens with zero attached hydrogens (tertiary/aromatic N) is 2. The third-order valence-electron chi connectivity index (χ3n) is 4.32. The molecule has 0 atom stereocenters. The second-order valence-electron chi connectivity index (χ2n) is 6.48. The molecule has 0 saturated heterocycles. The summed E-state index contributed by atoms with van der Waals surface area (Å²) < 4.78 is 5.48. The highest BCUT2D eigenvalue weighted by atomic mass is 16.7. The van der Waals surface area contributed by atoms with E-state index in [1.807, 2.05) is 0 Å². The van der Waals surface area contributed by atoms with Crippen LogP contribution in [0.1, 0.15) is 29.3 Å². The Kier molecular flexibility index (Phi) is 6.46. The molecular weight excluding hydrogens is 376 g/mol. The number of aliphatic hydroxyl groups is 1. The number of para-hydroxylation sites is 1. The molecule has 8 nitrogen and oxygen atoms in total. The number of rotatable bonds is 6. The van der Waals surface area contributed by atoms with Gasteiger partial charge in [0, 0.05) is 31.2 Å². The van der Waals surface area contributed by atoms with E-state index < -0.39 is 11.9 Å². The molecule has 1 aliphatic rings. The van der Waals surface area contributed by atoms with Gasteiger partial charge in [-0.15, -0.1) is 0 Å². The van der Waals surface area contributed by atoms with E-state index in [2.05, 4.69) is 0 Å². The van der Waals surface area contributed by atoms with E-state index in [1.165, 1.54) is 11.8 Å². The van der Waals surface area contributed by atoms with Crippen molar-refractivity contribution in [1.82, 2.24) is 5.06 Å². The summed E-state index contributed by atoms with van der Waals surface area (Å²) in [5, 5.41) is 9.79. The summed E-state index contributed by atoms with van der Waals surface area (Å²) in [6.45, 7) is 1.46. The van der Waals surface area contributed by atoms with Gasteiger partial charge in [0.15, 0.2) is 0 Å². The lowest BCUT2D eigenvalue weighted by atomic mass is 10.1. The largest absolute Gasteiger partial charge is 0.494 e. The van der Waals surface area contributed by atoms with Crippen LogP contribution in [0, 0.1) is 0 Å². The van der Waals surface area contributed by atoms with Crippen molar-refractivity contribution in [2.75, 3.05) is 24.7 Å². The van der Waals surface area contributed by atoms with Crippen LogP contribution < -0.4 is 9.64 Å². The highest BCUT2D eigenvalue weighted by molar-refractivity contribution is 6.09. The smallest absolute Gasteiger partial charge is 0.329 e. The summed E-state index contributed by atoms with van der Waals surface area (Å²) in [4.78, 5) is 43.4. The molecule has 1 heterocycles. The third kappa shape index (κ3) is 4.91. The van der Waals surface area contributed by atoms with Crippen LogP contribution in [0.15, 0.2) is 48.5 Å². The maximum atomic E-state index is 13.1. The predicted molar refractivity (Wildman–Crippen MR) is 104 cm³/mol. The summed E-state index contributed by atoms with van der Waals surface area (Å²) in [6.07, 6.45) is 0.520. The highest BCUT2D eigenvalue weighted by Gasteiger charge is 2.31. The van der Waals surface area contributed by atoms with Gasteiger partial charge in [-0.3, -0.25) is 19.3 Å². The van der Waals surface area contributed by atoms with Gasteiger partial charge in [0.2, 0.25) is 0 Å². The lowest BCUT2D eigenvalue weighted by Crippen LogP contribution is -2.40. The van der Waals surface area contributed by atoms with E-state index >= 15 is 0 Å². The van der Waals surface area contributed by atoms with E-state index in [-0.39, 0.29) is 25.6 Å². The van der Waals surface area contributed by atoms with E-state index in [0.717, 1.165) is 5.06 Å². The van der Waals surface area contributed by atoms with Crippen molar-refractivity contribution in [2.24, 2.45) is 0 Å². The van der Waals surface area contributed by atoms with Crippen molar-refractivity contribution in [3.8, 4) is 5.75 Å². The molecule has 0 spiro atoms. The lowest BCUT2D eigenvalue weighted by molar-refractivity contribution is -0.197. The highest BCUT2D eigenvalue weighted by Crippen LogP contribution is 2.27. The SMILES string of the molecule is CC(=O)ON1Cc2ccccc2N(C(=O)c2ccc(OCCCO)cc2)CC1=O. The average molecular weight is 398 g/mol. The van der Waals surface area contributed by atoms with Crippen LogP contribution in [0.25, 0.3) is 0 Å². The molecule has 8 heteroatoms. The fourth-order valence-corrected chi connectivity index (χ4v) is 2.97. The van der Waals surface area contributed by atoms with Gasteiger partial charge >= 0.3 is 5.97 Å². The maximum Gasteiger partial charge on any atom is 0.329 e. The average Bonchev–Trinajstić information content (AvgIpc) is 2.85. The van der Waals surface area contributed by atoms with Crippen LogP contribution >= 0.6 is 0 Å². The van der Waals surface area contributed by atoms with Gasteiger partial charge in [-0.1, -0.05) is 18.2 Å². The first kappa shape index (κ1) is 20.3. The number of fused-ring (bicyclic) bond motifs is 1. The van der Waals surface area contributed by atoms with Crippen molar-refractivity contribution in [1.29, 1.82) is 0 Å².